The minimum Gasteiger partial charge on any atom is -0.380 e. The predicted octanol–water partition coefficient (Wildman–Crippen LogP) is -0.904. The number of nitrogens with two attached hydrogens (primary N) is 1. The van der Waals surface area contributed by atoms with Gasteiger partial charge in [-0.25, -0.2) is 0 Å². The topological polar surface area (TPSA) is 64.3 Å². The Bertz CT molecular complexity index is 87.8. The molecule has 0 aromatic heterocycles. The molecule has 0 heterocycles. The minimum atomic E-state index is -0.0440. The van der Waals surface area contributed by atoms with Crippen LogP contribution in [0.4, 0.5) is 0 Å². The monoisotopic (exact) mass is 146 g/mol. The molecule has 0 saturated carbocycles. The molecule has 4 nitrogen and oxygen atoms in total. The van der Waals surface area contributed by atoms with Gasteiger partial charge >= 0.3 is 0 Å². The van der Waals surface area contributed by atoms with Crippen LogP contribution < -0.4 is 11.1 Å². The first-order valence-corrected chi connectivity index (χ1v) is 3.32. The highest BCUT2D eigenvalue weighted by Crippen LogP contribution is 1.80. The largest absolute Gasteiger partial charge is 0.380 e. The van der Waals surface area contributed by atoms with Crippen LogP contribution in [0, 0.1) is 0 Å². The summed E-state index contributed by atoms with van der Waals surface area (Å²) in [6.45, 7) is 3.45. The molecule has 1 amide bonds. The maximum absolute atomic E-state index is 9.92. The number of amides is 1. The molecule has 0 aromatic rings. The Hall–Kier alpha value is -0.610. The van der Waals surface area contributed by atoms with Crippen LogP contribution in [0.5, 0.6) is 0 Å². The zero-order valence-electron chi connectivity index (χ0n) is 6.17. The molecule has 0 aromatic carbocycles. The van der Waals surface area contributed by atoms with E-state index in [-0.39, 0.29) is 6.04 Å². The Labute approximate surface area is 60.7 Å². The van der Waals surface area contributed by atoms with Gasteiger partial charge < -0.3 is 15.8 Å². The molecule has 3 N–H and O–H groups in total. The first kappa shape index (κ1) is 9.39. The number of hydrogen-bond donors (Lipinski definition) is 2. The van der Waals surface area contributed by atoms with Gasteiger partial charge in [0.2, 0.25) is 6.41 Å². The van der Waals surface area contributed by atoms with Crippen LogP contribution in [0.1, 0.15) is 6.92 Å². The van der Waals surface area contributed by atoms with Gasteiger partial charge in [-0.2, -0.15) is 0 Å². The third kappa shape index (κ3) is 4.29. The molecule has 10 heavy (non-hydrogen) atoms. The van der Waals surface area contributed by atoms with Crippen molar-refractivity contribution in [3.8, 4) is 0 Å². The van der Waals surface area contributed by atoms with E-state index in [9.17, 15) is 4.79 Å². The van der Waals surface area contributed by atoms with Crippen molar-refractivity contribution < 1.29 is 9.53 Å². The quantitative estimate of drug-likeness (QED) is 0.477. The van der Waals surface area contributed by atoms with Crippen molar-refractivity contribution in [2.75, 3.05) is 19.8 Å². The summed E-state index contributed by atoms with van der Waals surface area (Å²) in [5.74, 6) is 0. The summed E-state index contributed by atoms with van der Waals surface area (Å²) in [6, 6.07) is -0.0440. The fourth-order valence-corrected chi connectivity index (χ4v) is 0.541. The highest BCUT2D eigenvalue weighted by atomic mass is 16.5. The fraction of sp³-hybridized carbons (Fsp3) is 0.833. The van der Waals surface area contributed by atoms with E-state index in [4.69, 9.17) is 10.5 Å². The summed E-state index contributed by atoms with van der Waals surface area (Å²) in [4.78, 5) is 9.92. The van der Waals surface area contributed by atoms with Gasteiger partial charge in [-0.3, -0.25) is 4.79 Å². The Morgan fingerprint density at radius 3 is 2.90 bits per heavy atom. The second kappa shape index (κ2) is 6.51. The minimum absolute atomic E-state index is 0.0440. The molecular weight excluding hydrogens is 132 g/mol. The molecule has 0 aliphatic rings. The third-order valence-corrected chi connectivity index (χ3v) is 1.11. The summed E-state index contributed by atoms with van der Waals surface area (Å²) in [7, 11) is 0. The lowest BCUT2D eigenvalue weighted by atomic mass is 10.3. The summed E-state index contributed by atoms with van der Waals surface area (Å²) < 4.78 is 5.04. The standard InChI is InChI=1S/C6H14N2O2/c1-2-10-4-6(3-7)8-5-9/h5-6H,2-4,7H2,1H3,(H,8,9)/t6-/m1/s1. The lowest BCUT2D eigenvalue weighted by molar-refractivity contribution is -0.110. The Morgan fingerprint density at radius 1 is 1.80 bits per heavy atom. The number of carbonyl (C=O) groups excluding carboxylic acids is 1. The van der Waals surface area contributed by atoms with E-state index < -0.39 is 0 Å². The van der Waals surface area contributed by atoms with Crippen LogP contribution >= 0.6 is 0 Å². The van der Waals surface area contributed by atoms with Crippen molar-refractivity contribution in [1.29, 1.82) is 0 Å². The number of ether oxygens (including phenoxy) is 1. The molecule has 60 valence electrons. The number of rotatable bonds is 6. The first-order valence-electron chi connectivity index (χ1n) is 3.32. The molecule has 0 aliphatic heterocycles. The molecule has 0 rings (SSSR count). The molecule has 0 saturated heterocycles. The highest BCUT2D eigenvalue weighted by molar-refractivity contribution is 5.46. The SMILES string of the molecule is CCOC[C@@H](CN)NC=O. The van der Waals surface area contributed by atoms with Crippen LogP contribution in [0.2, 0.25) is 0 Å². The van der Waals surface area contributed by atoms with Crippen molar-refractivity contribution in [3.63, 3.8) is 0 Å². The second-order valence-electron chi connectivity index (χ2n) is 1.88. The third-order valence-electron chi connectivity index (χ3n) is 1.11. The lowest BCUT2D eigenvalue weighted by Crippen LogP contribution is -2.39. The van der Waals surface area contributed by atoms with Crippen molar-refractivity contribution in [1.82, 2.24) is 5.32 Å². The van der Waals surface area contributed by atoms with E-state index in [1.165, 1.54) is 0 Å². The average molecular weight is 146 g/mol. The lowest BCUT2D eigenvalue weighted by Gasteiger charge is -2.12. The maximum atomic E-state index is 9.92. The van der Waals surface area contributed by atoms with Gasteiger partial charge in [-0.15, -0.1) is 0 Å². The maximum Gasteiger partial charge on any atom is 0.207 e. The van der Waals surface area contributed by atoms with E-state index in [0.29, 0.717) is 26.2 Å². The second-order valence-corrected chi connectivity index (χ2v) is 1.88. The van der Waals surface area contributed by atoms with Crippen LogP contribution in [-0.4, -0.2) is 32.2 Å². The van der Waals surface area contributed by atoms with Crippen LogP contribution in [0.3, 0.4) is 0 Å². The van der Waals surface area contributed by atoms with Crippen molar-refractivity contribution >= 4 is 6.41 Å². The zero-order chi connectivity index (χ0) is 7.82. The first-order chi connectivity index (χ1) is 4.85. The molecule has 0 spiro atoms. The molecule has 0 bridgehead atoms. The highest BCUT2D eigenvalue weighted by Gasteiger charge is 2.02. The number of nitrogens with one attached hydrogen (secondary N) is 1. The predicted molar refractivity (Wildman–Crippen MR) is 38.5 cm³/mol. The van der Waals surface area contributed by atoms with Gasteiger partial charge in [0.15, 0.2) is 0 Å². The zero-order valence-corrected chi connectivity index (χ0v) is 6.17. The van der Waals surface area contributed by atoms with E-state index >= 15 is 0 Å². The van der Waals surface area contributed by atoms with Crippen molar-refractivity contribution in [3.05, 3.63) is 0 Å². The average Bonchev–Trinajstić information content (AvgIpc) is 1.98. The molecular formula is C6H14N2O2. The number of carbonyl (C=O) groups is 1. The molecule has 4 heteroatoms. The van der Waals surface area contributed by atoms with Gasteiger partial charge in [-0.05, 0) is 6.92 Å². The smallest absolute Gasteiger partial charge is 0.207 e. The molecule has 0 aliphatic carbocycles. The van der Waals surface area contributed by atoms with Crippen LogP contribution in [0.15, 0.2) is 0 Å². The van der Waals surface area contributed by atoms with Gasteiger partial charge in [0.05, 0.1) is 12.6 Å². The molecule has 0 radical (unpaired) electrons. The summed E-state index contributed by atoms with van der Waals surface area (Å²) in [6.07, 6.45) is 0.635. The summed E-state index contributed by atoms with van der Waals surface area (Å²) >= 11 is 0. The van der Waals surface area contributed by atoms with Gasteiger partial charge in [0, 0.05) is 13.2 Å². The van der Waals surface area contributed by atoms with E-state index in [1.807, 2.05) is 6.92 Å². The van der Waals surface area contributed by atoms with E-state index in [1.54, 1.807) is 0 Å². The fourth-order valence-electron chi connectivity index (χ4n) is 0.541. The molecule has 1 atom stereocenters. The normalized spacial score (nSPS) is 12.6. The number of hydrogen-bond acceptors (Lipinski definition) is 3. The van der Waals surface area contributed by atoms with Gasteiger partial charge in [0.25, 0.3) is 0 Å². The Kier molecular flexibility index (Phi) is 6.11. The van der Waals surface area contributed by atoms with Gasteiger partial charge in [-0.1, -0.05) is 0 Å². The summed E-state index contributed by atoms with van der Waals surface area (Å²) in [5, 5.41) is 2.54. The molecule has 0 unspecified atom stereocenters. The van der Waals surface area contributed by atoms with E-state index in [0.717, 1.165) is 0 Å². The molecule has 0 fully saturated rings. The van der Waals surface area contributed by atoms with Crippen LogP contribution in [-0.2, 0) is 9.53 Å². The van der Waals surface area contributed by atoms with Crippen molar-refractivity contribution in [2.24, 2.45) is 5.73 Å². The summed E-state index contributed by atoms with van der Waals surface area (Å²) in [5.41, 5.74) is 5.30. The Balaban J connectivity index is 3.29. The van der Waals surface area contributed by atoms with Crippen molar-refractivity contribution in [2.45, 2.75) is 13.0 Å². The Morgan fingerprint density at radius 2 is 2.50 bits per heavy atom. The van der Waals surface area contributed by atoms with E-state index in [2.05, 4.69) is 5.32 Å². The van der Waals surface area contributed by atoms with Gasteiger partial charge in [0.1, 0.15) is 0 Å². The van der Waals surface area contributed by atoms with Crippen LogP contribution in [0.25, 0.3) is 0 Å².